The number of hydrogen-bond acceptors (Lipinski definition) is 5. The van der Waals surface area contributed by atoms with Gasteiger partial charge in [-0.25, -0.2) is 4.79 Å². The second-order valence-corrected chi connectivity index (χ2v) is 5.76. The van der Waals surface area contributed by atoms with E-state index in [4.69, 9.17) is 0 Å². The number of H-pyrrole nitrogens is 1. The van der Waals surface area contributed by atoms with Crippen molar-refractivity contribution in [3.05, 3.63) is 38.3 Å². The molecule has 1 amide bonds. The summed E-state index contributed by atoms with van der Waals surface area (Å²) in [4.78, 5) is 26.8. The zero-order valence-electron chi connectivity index (χ0n) is 10.7. The topological polar surface area (TPSA) is 88.0 Å². The quantitative estimate of drug-likeness (QED) is 0.870. The van der Waals surface area contributed by atoms with Crippen LogP contribution in [0.1, 0.15) is 34.2 Å². The molecule has 0 fully saturated rings. The third-order valence-electron chi connectivity index (χ3n) is 2.40. The van der Waals surface area contributed by atoms with E-state index in [0.717, 1.165) is 6.42 Å². The molecule has 2 heterocycles. The number of aromatic nitrogens is 2. The van der Waals surface area contributed by atoms with Crippen LogP contribution in [0, 0.1) is 5.92 Å². The molecule has 0 aliphatic rings. The van der Waals surface area contributed by atoms with E-state index >= 15 is 0 Å². The maximum absolute atomic E-state index is 11.9. The van der Waals surface area contributed by atoms with Gasteiger partial charge in [0.15, 0.2) is 5.82 Å². The van der Waals surface area contributed by atoms with E-state index in [9.17, 15) is 9.59 Å². The number of nitrogens with one attached hydrogen (secondary N) is 2. The van der Waals surface area contributed by atoms with E-state index in [0.29, 0.717) is 16.6 Å². The lowest BCUT2D eigenvalue weighted by Crippen LogP contribution is -2.22. The SMILES string of the molecule is CC(C)Cc1ccc(C(=O)NCc2noc(=O)[nH]2)s1. The number of aromatic amines is 1. The van der Waals surface area contributed by atoms with Gasteiger partial charge in [-0.3, -0.25) is 14.3 Å². The number of amides is 1. The van der Waals surface area contributed by atoms with Crippen LogP contribution in [-0.4, -0.2) is 16.0 Å². The summed E-state index contributed by atoms with van der Waals surface area (Å²) in [6.07, 6.45) is 0.967. The van der Waals surface area contributed by atoms with Crippen LogP contribution in [0.15, 0.2) is 21.5 Å². The fourth-order valence-electron chi connectivity index (χ4n) is 1.60. The Kier molecular flexibility index (Phi) is 4.16. The molecular weight excluding hydrogens is 266 g/mol. The summed E-state index contributed by atoms with van der Waals surface area (Å²) in [5.74, 6) is 0.0653. The maximum atomic E-state index is 11.9. The van der Waals surface area contributed by atoms with Gasteiger partial charge in [0.1, 0.15) is 0 Å². The van der Waals surface area contributed by atoms with Crippen molar-refractivity contribution < 1.29 is 9.32 Å². The first-order valence-electron chi connectivity index (χ1n) is 5.96. The van der Waals surface area contributed by atoms with E-state index in [1.165, 1.54) is 16.2 Å². The Morgan fingerprint density at radius 3 is 2.95 bits per heavy atom. The molecule has 0 atom stereocenters. The number of carbonyl (C=O) groups is 1. The maximum Gasteiger partial charge on any atom is 0.438 e. The first kappa shape index (κ1) is 13.5. The summed E-state index contributed by atoms with van der Waals surface area (Å²) < 4.78 is 4.34. The van der Waals surface area contributed by atoms with Crippen LogP contribution in [-0.2, 0) is 13.0 Å². The van der Waals surface area contributed by atoms with Gasteiger partial charge >= 0.3 is 5.76 Å². The zero-order valence-corrected chi connectivity index (χ0v) is 11.5. The molecule has 0 unspecified atom stereocenters. The molecular formula is C12H15N3O3S. The van der Waals surface area contributed by atoms with Crippen molar-refractivity contribution in [2.24, 2.45) is 5.92 Å². The fraction of sp³-hybridized carbons (Fsp3) is 0.417. The molecule has 19 heavy (non-hydrogen) atoms. The molecule has 7 heteroatoms. The van der Waals surface area contributed by atoms with Crippen LogP contribution in [0.2, 0.25) is 0 Å². The highest BCUT2D eigenvalue weighted by Crippen LogP contribution is 2.19. The van der Waals surface area contributed by atoms with Gasteiger partial charge in [-0.15, -0.1) is 11.3 Å². The van der Waals surface area contributed by atoms with E-state index < -0.39 is 5.76 Å². The molecule has 2 N–H and O–H groups in total. The van der Waals surface area contributed by atoms with Crippen LogP contribution in [0.3, 0.4) is 0 Å². The summed E-state index contributed by atoms with van der Waals surface area (Å²) in [6, 6.07) is 3.78. The lowest BCUT2D eigenvalue weighted by Gasteiger charge is -2.01. The molecule has 102 valence electrons. The minimum absolute atomic E-state index is 0.141. The van der Waals surface area contributed by atoms with Crippen LogP contribution in [0.25, 0.3) is 0 Å². The molecule has 6 nitrogen and oxygen atoms in total. The third-order valence-corrected chi connectivity index (χ3v) is 3.50. The van der Waals surface area contributed by atoms with Gasteiger partial charge < -0.3 is 5.32 Å². The average Bonchev–Trinajstić information content (AvgIpc) is 2.95. The van der Waals surface area contributed by atoms with Crippen molar-refractivity contribution in [2.45, 2.75) is 26.8 Å². The lowest BCUT2D eigenvalue weighted by molar-refractivity contribution is 0.0953. The molecule has 0 radical (unpaired) electrons. The molecule has 0 saturated heterocycles. The Labute approximate surface area is 113 Å². The van der Waals surface area contributed by atoms with Gasteiger partial charge in [0.2, 0.25) is 0 Å². The van der Waals surface area contributed by atoms with E-state index in [1.807, 2.05) is 12.1 Å². The third kappa shape index (κ3) is 3.78. The highest BCUT2D eigenvalue weighted by molar-refractivity contribution is 7.14. The van der Waals surface area contributed by atoms with Gasteiger partial charge in [-0.05, 0) is 24.5 Å². The van der Waals surface area contributed by atoms with Crippen molar-refractivity contribution in [1.29, 1.82) is 0 Å². The number of hydrogen-bond donors (Lipinski definition) is 2. The number of carbonyl (C=O) groups excluding carboxylic acids is 1. The molecule has 0 aromatic carbocycles. The normalized spacial score (nSPS) is 10.9. The standard InChI is InChI=1S/C12H15N3O3S/c1-7(2)5-8-3-4-9(19-8)11(16)13-6-10-14-12(17)18-15-10/h3-4,7H,5-6H2,1-2H3,(H,13,16)(H,14,15,17). The van der Waals surface area contributed by atoms with Gasteiger partial charge in [0, 0.05) is 4.88 Å². The number of nitrogens with zero attached hydrogens (tertiary/aromatic N) is 1. The summed E-state index contributed by atoms with van der Waals surface area (Å²) in [5, 5.41) is 6.15. The number of thiophene rings is 1. The zero-order chi connectivity index (χ0) is 13.8. The van der Waals surface area contributed by atoms with E-state index in [2.05, 4.69) is 33.8 Å². The van der Waals surface area contributed by atoms with Crippen molar-refractivity contribution in [3.63, 3.8) is 0 Å². The minimum atomic E-state index is -0.625. The molecule has 2 aromatic heterocycles. The molecule has 0 spiro atoms. The summed E-state index contributed by atoms with van der Waals surface area (Å²) >= 11 is 1.48. The van der Waals surface area contributed by atoms with E-state index in [-0.39, 0.29) is 12.5 Å². The van der Waals surface area contributed by atoms with Crippen LogP contribution in [0.5, 0.6) is 0 Å². The van der Waals surface area contributed by atoms with E-state index in [1.54, 1.807) is 0 Å². The minimum Gasteiger partial charge on any atom is -0.344 e. The Morgan fingerprint density at radius 2 is 2.32 bits per heavy atom. The molecule has 0 aliphatic carbocycles. The van der Waals surface area contributed by atoms with Crippen molar-refractivity contribution in [1.82, 2.24) is 15.5 Å². The van der Waals surface area contributed by atoms with Gasteiger partial charge in [0.25, 0.3) is 5.91 Å². The first-order chi connectivity index (χ1) is 9.04. The van der Waals surface area contributed by atoms with Crippen molar-refractivity contribution >= 4 is 17.2 Å². The van der Waals surface area contributed by atoms with Crippen molar-refractivity contribution in [3.8, 4) is 0 Å². The van der Waals surface area contributed by atoms with Crippen LogP contribution < -0.4 is 11.1 Å². The molecule has 0 bridgehead atoms. The number of rotatable bonds is 5. The first-order valence-corrected chi connectivity index (χ1v) is 6.78. The monoisotopic (exact) mass is 281 g/mol. The highest BCUT2D eigenvalue weighted by Gasteiger charge is 2.10. The van der Waals surface area contributed by atoms with Crippen LogP contribution >= 0.6 is 11.3 Å². The van der Waals surface area contributed by atoms with Gasteiger partial charge in [-0.2, -0.15) is 0 Å². The fourth-order valence-corrected chi connectivity index (χ4v) is 2.74. The highest BCUT2D eigenvalue weighted by atomic mass is 32.1. The second-order valence-electron chi connectivity index (χ2n) is 4.59. The molecule has 2 aromatic rings. The summed E-state index contributed by atoms with van der Waals surface area (Å²) in [5.41, 5.74) is 0. The summed E-state index contributed by atoms with van der Waals surface area (Å²) in [6.45, 7) is 4.42. The largest absolute Gasteiger partial charge is 0.438 e. The molecule has 0 aliphatic heterocycles. The Balaban J connectivity index is 1.92. The van der Waals surface area contributed by atoms with Crippen molar-refractivity contribution in [2.75, 3.05) is 0 Å². The Hall–Kier alpha value is -1.89. The predicted molar refractivity (Wildman–Crippen MR) is 71.2 cm³/mol. The Morgan fingerprint density at radius 1 is 1.53 bits per heavy atom. The smallest absolute Gasteiger partial charge is 0.344 e. The molecule has 2 rings (SSSR count). The predicted octanol–water partition coefficient (Wildman–Crippen LogP) is 1.55. The molecule has 0 saturated carbocycles. The van der Waals surface area contributed by atoms with Gasteiger partial charge in [0.05, 0.1) is 11.4 Å². The summed E-state index contributed by atoms with van der Waals surface area (Å²) in [7, 11) is 0. The second kappa shape index (κ2) is 5.83. The van der Waals surface area contributed by atoms with Crippen LogP contribution in [0.4, 0.5) is 0 Å². The van der Waals surface area contributed by atoms with Gasteiger partial charge in [-0.1, -0.05) is 19.0 Å². The average molecular weight is 281 g/mol. The lowest BCUT2D eigenvalue weighted by atomic mass is 10.1. The Bertz CT molecular complexity index is 612.